The maximum atomic E-state index is 13.3. The van der Waals surface area contributed by atoms with Crippen LogP contribution in [-0.2, 0) is 24.2 Å². The molecule has 0 saturated carbocycles. The van der Waals surface area contributed by atoms with Crippen LogP contribution in [0.1, 0.15) is 22.9 Å². The zero-order chi connectivity index (χ0) is 22.5. The molecule has 4 rings (SSSR count). The van der Waals surface area contributed by atoms with Crippen molar-refractivity contribution < 1.29 is 4.79 Å². The van der Waals surface area contributed by atoms with Crippen molar-refractivity contribution in [3.8, 4) is 0 Å². The lowest BCUT2D eigenvalue weighted by molar-refractivity contribution is -0.113. The van der Waals surface area contributed by atoms with Gasteiger partial charge < -0.3 is 5.32 Å². The van der Waals surface area contributed by atoms with Crippen molar-refractivity contribution in [3.63, 3.8) is 0 Å². The summed E-state index contributed by atoms with van der Waals surface area (Å²) in [6, 6.07) is 19.7. The molecule has 4 aromatic rings. The predicted molar refractivity (Wildman–Crippen MR) is 134 cm³/mol. The van der Waals surface area contributed by atoms with E-state index in [1.54, 1.807) is 15.9 Å². The molecule has 0 spiro atoms. The third kappa shape index (κ3) is 5.29. The topological polar surface area (TPSA) is 64.0 Å². The minimum Gasteiger partial charge on any atom is -0.325 e. The molecule has 164 valence electrons. The van der Waals surface area contributed by atoms with Gasteiger partial charge in [-0.05, 0) is 43.5 Å². The van der Waals surface area contributed by atoms with E-state index in [1.165, 1.54) is 11.8 Å². The molecule has 5 nitrogen and oxygen atoms in total. The Morgan fingerprint density at radius 1 is 1.12 bits per heavy atom. The van der Waals surface area contributed by atoms with Crippen LogP contribution in [0.5, 0.6) is 0 Å². The van der Waals surface area contributed by atoms with Gasteiger partial charge in [-0.3, -0.25) is 14.2 Å². The zero-order valence-corrected chi connectivity index (χ0v) is 19.8. The van der Waals surface area contributed by atoms with Crippen molar-refractivity contribution in [1.82, 2.24) is 9.55 Å². The standard InChI is InChI=1S/C25H25N3O2S2/c1-3-20-15-21-23(32-20)27-25(28(24(21)30)14-13-18-7-5-4-6-8-18)31-16-22(29)26-19-11-9-17(2)10-12-19/h4-12,15H,3,13-14,16H2,1-2H3,(H,26,29). The molecule has 0 fully saturated rings. The van der Waals surface area contributed by atoms with Gasteiger partial charge in [-0.25, -0.2) is 4.98 Å². The highest BCUT2D eigenvalue weighted by molar-refractivity contribution is 7.99. The minimum atomic E-state index is -0.122. The van der Waals surface area contributed by atoms with E-state index in [0.29, 0.717) is 17.1 Å². The fraction of sp³-hybridized carbons (Fsp3) is 0.240. The summed E-state index contributed by atoms with van der Waals surface area (Å²) in [4.78, 5) is 32.4. The number of aryl methyl sites for hydroxylation is 3. The number of thioether (sulfide) groups is 1. The maximum Gasteiger partial charge on any atom is 0.262 e. The number of carbonyl (C=O) groups excluding carboxylic acids is 1. The van der Waals surface area contributed by atoms with E-state index in [1.807, 2.05) is 55.5 Å². The van der Waals surface area contributed by atoms with Crippen LogP contribution in [0.2, 0.25) is 0 Å². The molecule has 2 aromatic heterocycles. The van der Waals surface area contributed by atoms with Gasteiger partial charge in [-0.1, -0.05) is 66.7 Å². The lowest BCUT2D eigenvalue weighted by atomic mass is 10.1. The van der Waals surface area contributed by atoms with Gasteiger partial charge in [0.05, 0.1) is 11.1 Å². The molecule has 7 heteroatoms. The number of rotatable bonds is 8. The molecule has 2 aromatic carbocycles. The highest BCUT2D eigenvalue weighted by atomic mass is 32.2. The van der Waals surface area contributed by atoms with Crippen LogP contribution < -0.4 is 10.9 Å². The van der Waals surface area contributed by atoms with Crippen molar-refractivity contribution in [2.45, 2.75) is 38.4 Å². The first-order chi connectivity index (χ1) is 15.5. The van der Waals surface area contributed by atoms with Gasteiger partial charge in [-0.15, -0.1) is 11.3 Å². The Morgan fingerprint density at radius 3 is 2.59 bits per heavy atom. The highest BCUT2D eigenvalue weighted by Gasteiger charge is 2.16. The molecule has 0 aliphatic heterocycles. The quantitative estimate of drug-likeness (QED) is 0.284. The summed E-state index contributed by atoms with van der Waals surface area (Å²) in [6.07, 6.45) is 1.59. The van der Waals surface area contributed by atoms with Gasteiger partial charge in [0.2, 0.25) is 5.91 Å². The first kappa shape index (κ1) is 22.3. The second kappa shape index (κ2) is 10.1. The number of anilines is 1. The van der Waals surface area contributed by atoms with E-state index in [0.717, 1.165) is 39.4 Å². The number of nitrogens with one attached hydrogen (secondary N) is 1. The molecule has 0 atom stereocenters. The van der Waals surface area contributed by atoms with E-state index in [-0.39, 0.29) is 17.2 Å². The maximum absolute atomic E-state index is 13.3. The Kier molecular flexibility index (Phi) is 7.07. The Balaban J connectivity index is 1.57. The van der Waals surface area contributed by atoms with Gasteiger partial charge in [0, 0.05) is 17.1 Å². The summed E-state index contributed by atoms with van der Waals surface area (Å²) in [7, 11) is 0. The Bertz CT molecular complexity index is 1280. The van der Waals surface area contributed by atoms with Crippen LogP contribution in [0.15, 0.2) is 70.6 Å². The third-order valence-corrected chi connectivity index (χ3v) is 7.30. The van der Waals surface area contributed by atoms with Gasteiger partial charge in [-0.2, -0.15) is 0 Å². The average molecular weight is 464 g/mol. The van der Waals surface area contributed by atoms with E-state index in [9.17, 15) is 9.59 Å². The Labute approximate surface area is 195 Å². The number of carbonyl (C=O) groups is 1. The van der Waals surface area contributed by atoms with Gasteiger partial charge in [0.15, 0.2) is 5.16 Å². The molecule has 0 saturated heterocycles. The second-order valence-corrected chi connectivity index (χ2v) is 9.63. The van der Waals surface area contributed by atoms with Gasteiger partial charge in [0.1, 0.15) is 4.83 Å². The molecule has 32 heavy (non-hydrogen) atoms. The summed E-state index contributed by atoms with van der Waals surface area (Å²) in [6.45, 7) is 4.60. The SMILES string of the molecule is CCc1cc2c(=O)n(CCc3ccccc3)c(SCC(=O)Nc3ccc(C)cc3)nc2s1. The molecule has 0 aliphatic carbocycles. The van der Waals surface area contributed by atoms with Crippen LogP contribution in [0.4, 0.5) is 5.69 Å². The largest absolute Gasteiger partial charge is 0.325 e. The Hall–Kier alpha value is -2.90. The number of hydrogen-bond donors (Lipinski definition) is 1. The number of amides is 1. The molecule has 1 amide bonds. The summed E-state index contributed by atoms with van der Waals surface area (Å²) in [5.74, 6) is 0.0617. The third-order valence-electron chi connectivity index (χ3n) is 5.15. The fourth-order valence-corrected chi connectivity index (χ4v) is 5.21. The molecule has 0 bridgehead atoms. The van der Waals surface area contributed by atoms with Crippen LogP contribution in [0.3, 0.4) is 0 Å². The number of benzene rings is 2. The summed E-state index contributed by atoms with van der Waals surface area (Å²) < 4.78 is 1.71. The van der Waals surface area contributed by atoms with Crippen LogP contribution in [0.25, 0.3) is 10.2 Å². The molecular weight excluding hydrogens is 438 g/mol. The van der Waals surface area contributed by atoms with Crippen LogP contribution >= 0.6 is 23.1 Å². The molecular formula is C25H25N3O2S2. The molecule has 1 N–H and O–H groups in total. The average Bonchev–Trinajstić information content (AvgIpc) is 3.23. The number of nitrogens with zero attached hydrogens (tertiary/aromatic N) is 2. The summed E-state index contributed by atoms with van der Waals surface area (Å²) in [5, 5.41) is 4.16. The molecule has 2 heterocycles. The van der Waals surface area contributed by atoms with Gasteiger partial charge >= 0.3 is 0 Å². The second-order valence-electron chi connectivity index (χ2n) is 7.57. The predicted octanol–water partition coefficient (Wildman–Crippen LogP) is 5.30. The monoisotopic (exact) mass is 463 g/mol. The minimum absolute atomic E-state index is 0.0386. The number of fused-ring (bicyclic) bond motifs is 1. The van der Waals surface area contributed by atoms with Crippen LogP contribution in [0, 0.1) is 6.92 Å². The molecule has 0 aliphatic rings. The Morgan fingerprint density at radius 2 is 1.88 bits per heavy atom. The van der Waals surface area contributed by atoms with E-state index >= 15 is 0 Å². The molecule has 0 radical (unpaired) electrons. The lowest BCUT2D eigenvalue weighted by Gasteiger charge is -2.12. The van der Waals surface area contributed by atoms with Gasteiger partial charge in [0.25, 0.3) is 5.56 Å². The van der Waals surface area contributed by atoms with Crippen LogP contribution in [-0.4, -0.2) is 21.2 Å². The smallest absolute Gasteiger partial charge is 0.262 e. The number of thiophene rings is 1. The van der Waals surface area contributed by atoms with Crippen molar-refractivity contribution >= 4 is 44.9 Å². The first-order valence-electron chi connectivity index (χ1n) is 10.6. The zero-order valence-electron chi connectivity index (χ0n) is 18.1. The number of aromatic nitrogens is 2. The van der Waals surface area contributed by atoms with E-state index in [4.69, 9.17) is 4.98 Å². The molecule has 0 unspecified atom stereocenters. The van der Waals surface area contributed by atoms with Crippen molar-refractivity contribution in [1.29, 1.82) is 0 Å². The fourth-order valence-electron chi connectivity index (χ4n) is 3.38. The summed E-state index contributed by atoms with van der Waals surface area (Å²) in [5.41, 5.74) is 3.02. The first-order valence-corrected chi connectivity index (χ1v) is 12.4. The van der Waals surface area contributed by atoms with E-state index in [2.05, 4.69) is 24.4 Å². The van der Waals surface area contributed by atoms with E-state index < -0.39 is 0 Å². The summed E-state index contributed by atoms with van der Waals surface area (Å²) >= 11 is 2.85. The van der Waals surface area contributed by atoms with Crippen molar-refractivity contribution in [3.05, 3.63) is 87.0 Å². The number of hydrogen-bond acceptors (Lipinski definition) is 5. The highest BCUT2D eigenvalue weighted by Crippen LogP contribution is 2.25. The lowest BCUT2D eigenvalue weighted by Crippen LogP contribution is -2.24. The normalized spacial score (nSPS) is 11.1. The van der Waals surface area contributed by atoms with Crippen molar-refractivity contribution in [2.75, 3.05) is 11.1 Å². The van der Waals surface area contributed by atoms with Crippen molar-refractivity contribution in [2.24, 2.45) is 0 Å².